The zero-order valence-electron chi connectivity index (χ0n) is 26.6. The second-order valence-corrected chi connectivity index (χ2v) is 13.6. The maximum absolute atomic E-state index is 14.2. The minimum Gasteiger partial charge on any atom is -0.444 e. The largest absolute Gasteiger partial charge is 0.444 e. The number of aromatic nitrogens is 2. The van der Waals surface area contributed by atoms with Gasteiger partial charge in [-0.3, -0.25) is 10.2 Å². The van der Waals surface area contributed by atoms with E-state index in [4.69, 9.17) is 14.6 Å². The summed E-state index contributed by atoms with van der Waals surface area (Å²) in [5, 5.41) is 11.0. The average molecular weight is 704 g/mol. The van der Waals surface area contributed by atoms with Crippen molar-refractivity contribution >= 4 is 33.9 Å². The lowest BCUT2D eigenvalue weighted by molar-refractivity contribution is 0.0203. The second-order valence-electron chi connectivity index (χ2n) is 12.8. The van der Waals surface area contributed by atoms with Crippen LogP contribution in [-0.4, -0.2) is 89.8 Å². The molecule has 0 unspecified atom stereocenters. The Morgan fingerprint density at radius 3 is 2.41 bits per heavy atom. The summed E-state index contributed by atoms with van der Waals surface area (Å²) >= 11 is 3.73. The first-order chi connectivity index (χ1) is 21.9. The minimum absolute atomic E-state index is 0.0450. The topological polar surface area (TPSA) is 101 Å². The number of carbonyl (C=O) groups excluding carboxylic acids is 2. The fraction of sp³-hybridized carbons (Fsp3) is 0.485. The Morgan fingerprint density at radius 1 is 1.04 bits per heavy atom. The summed E-state index contributed by atoms with van der Waals surface area (Å²) in [5.41, 5.74) is 1.60. The van der Waals surface area contributed by atoms with Gasteiger partial charge in [0.15, 0.2) is 17.5 Å². The molecule has 2 aromatic carbocycles. The zero-order chi connectivity index (χ0) is 33.0. The number of anilines is 1. The number of rotatable bonds is 8. The number of carbonyl (C=O) groups is 2. The number of methoxy groups -OCH3 is 1. The highest BCUT2D eigenvalue weighted by Gasteiger charge is 2.36. The van der Waals surface area contributed by atoms with Crippen molar-refractivity contribution in [3.05, 3.63) is 75.9 Å². The number of likely N-dealkylation sites (tertiary alicyclic amines) is 2. The van der Waals surface area contributed by atoms with E-state index in [9.17, 15) is 18.4 Å². The molecule has 1 aromatic heterocycles. The van der Waals surface area contributed by atoms with Crippen LogP contribution in [0.2, 0.25) is 0 Å². The van der Waals surface area contributed by atoms with E-state index in [-0.39, 0.29) is 24.0 Å². The molecule has 0 saturated carbocycles. The van der Waals surface area contributed by atoms with Gasteiger partial charge in [0.1, 0.15) is 5.60 Å². The predicted molar refractivity (Wildman–Crippen MR) is 174 cm³/mol. The number of benzene rings is 2. The highest BCUT2D eigenvalue weighted by Crippen LogP contribution is 2.38. The first kappa shape index (κ1) is 33.8. The van der Waals surface area contributed by atoms with E-state index in [2.05, 4.69) is 31.5 Å². The van der Waals surface area contributed by atoms with Crippen molar-refractivity contribution in [2.24, 2.45) is 0 Å². The summed E-state index contributed by atoms with van der Waals surface area (Å²) in [7, 11) is 1.62. The van der Waals surface area contributed by atoms with Crippen molar-refractivity contribution in [1.82, 2.24) is 24.9 Å². The van der Waals surface area contributed by atoms with Gasteiger partial charge in [-0.2, -0.15) is 5.10 Å². The molecule has 0 radical (unpaired) electrons. The molecule has 248 valence electrons. The Kier molecular flexibility index (Phi) is 10.6. The molecule has 2 N–H and O–H groups in total. The molecule has 46 heavy (non-hydrogen) atoms. The smallest absolute Gasteiger partial charge is 0.410 e. The van der Waals surface area contributed by atoms with Crippen LogP contribution in [-0.2, 0) is 9.47 Å². The number of amides is 3. The van der Waals surface area contributed by atoms with Crippen molar-refractivity contribution in [1.29, 1.82) is 0 Å². The molecule has 0 bridgehead atoms. The first-order valence-corrected chi connectivity index (χ1v) is 16.3. The van der Waals surface area contributed by atoms with Crippen LogP contribution in [0.4, 0.5) is 24.2 Å². The molecule has 2 fully saturated rings. The molecule has 3 amide bonds. The normalized spacial score (nSPS) is 19.3. The van der Waals surface area contributed by atoms with Crippen LogP contribution < -0.4 is 10.6 Å². The Hall–Kier alpha value is -3.55. The van der Waals surface area contributed by atoms with Gasteiger partial charge in [-0.1, -0.05) is 24.3 Å². The number of piperidine rings is 1. The number of urea groups is 1. The standard InChI is InChI=1S/C33H41BrF2N6O4/c1-33(2,3)46-32(44)41-14-12-21(13-15-41)29-28(34)30(42(39-29)23-8-6-5-7-9-23)38-31(43)37-27-20-40(16-17-45-4)19-24(27)22-10-11-25(35)26(36)18-22/h5-11,18,21,24,27H,12-17,19-20H2,1-4H3,(H2,37,38,43)/t24-,27+/m0/s1. The van der Waals surface area contributed by atoms with E-state index >= 15 is 0 Å². The highest BCUT2D eigenvalue weighted by molar-refractivity contribution is 9.10. The SMILES string of the molecule is COCCN1C[C@@H](NC(=O)Nc2c(Br)c(C3CCN(C(=O)OC(C)(C)C)CC3)nn2-c2ccccc2)[C@H](c2ccc(F)c(F)c2)C1. The number of para-hydroxylation sites is 1. The number of hydrogen-bond donors (Lipinski definition) is 2. The van der Waals surface area contributed by atoms with Crippen LogP contribution in [0.1, 0.15) is 56.7 Å². The first-order valence-electron chi connectivity index (χ1n) is 15.5. The molecule has 2 saturated heterocycles. The lowest BCUT2D eigenvalue weighted by Crippen LogP contribution is -2.42. The van der Waals surface area contributed by atoms with Crippen molar-refractivity contribution in [3.8, 4) is 5.69 Å². The van der Waals surface area contributed by atoms with Gasteiger partial charge in [0.2, 0.25) is 0 Å². The number of nitrogens with zero attached hydrogens (tertiary/aromatic N) is 4. The van der Waals surface area contributed by atoms with Gasteiger partial charge in [-0.25, -0.2) is 23.1 Å². The van der Waals surface area contributed by atoms with E-state index in [0.29, 0.717) is 68.0 Å². The lowest BCUT2D eigenvalue weighted by Gasteiger charge is -2.33. The summed E-state index contributed by atoms with van der Waals surface area (Å²) in [4.78, 5) is 30.1. The van der Waals surface area contributed by atoms with Gasteiger partial charge in [-0.15, -0.1) is 0 Å². The third-order valence-electron chi connectivity index (χ3n) is 8.31. The van der Waals surface area contributed by atoms with E-state index in [0.717, 1.165) is 17.4 Å². The Balaban J connectivity index is 1.35. The zero-order valence-corrected chi connectivity index (χ0v) is 28.1. The van der Waals surface area contributed by atoms with Crippen LogP contribution in [0.5, 0.6) is 0 Å². The minimum atomic E-state index is -0.920. The lowest BCUT2D eigenvalue weighted by atomic mass is 9.94. The number of ether oxygens (including phenoxy) is 2. The third-order valence-corrected chi connectivity index (χ3v) is 9.10. The maximum atomic E-state index is 14.2. The molecular formula is C33H41BrF2N6O4. The Labute approximate surface area is 276 Å². The van der Waals surface area contributed by atoms with E-state index in [1.807, 2.05) is 51.1 Å². The van der Waals surface area contributed by atoms with Gasteiger partial charge in [0.25, 0.3) is 0 Å². The summed E-state index contributed by atoms with van der Waals surface area (Å²) in [6.07, 6.45) is 1.04. The molecule has 2 aliphatic heterocycles. The Morgan fingerprint density at radius 2 is 1.76 bits per heavy atom. The molecule has 0 aliphatic carbocycles. The molecule has 13 heteroatoms. The molecular weight excluding hydrogens is 662 g/mol. The molecule has 2 aliphatic rings. The van der Waals surface area contributed by atoms with Crippen LogP contribution >= 0.6 is 15.9 Å². The van der Waals surface area contributed by atoms with Crippen molar-refractivity contribution < 1.29 is 27.8 Å². The number of hydrogen-bond acceptors (Lipinski definition) is 6. The Bertz CT molecular complexity index is 1520. The number of nitrogens with one attached hydrogen (secondary N) is 2. The molecule has 0 spiro atoms. The van der Waals surface area contributed by atoms with Gasteiger partial charge >= 0.3 is 12.1 Å². The van der Waals surface area contributed by atoms with Crippen molar-refractivity contribution in [2.45, 2.75) is 57.1 Å². The fourth-order valence-corrected chi connectivity index (χ4v) is 6.70. The molecule has 2 atom stereocenters. The highest BCUT2D eigenvalue weighted by atomic mass is 79.9. The summed E-state index contributed by atoms with van der Waals surface area (Å²) in [6, 6.07) is 12.6. The monoisotopic (exact) mass is 702 g/mol. The summed E-state index contributed by atoms with van der Waals surface area (Å²) in [6.45, 7) is 8.82. The van der Waals surface area contributed by atoms with Crippen LogP contribution in [0.3, 0.4) is 0 Å². The van der Waals surface area contributed by atoms with Gasteiger partial charge < -0.3 is 19.7 Å². The van der Waals surface area contributed by atoms with Crippen LogP contribution in [0, 0.1) is 11.6 Å². The molecule has 10 nitrogen and oxygen atoms in total. The third kappa shape index (κ3) is 8.05. The average Bonchev–Trinajstić information content (AvgIpc) is 3.57. The maximum Gasteiger partial charge on any atom is 0.410 e. The molecule has 3 heterocycles. The van der Waals surface area contributed by atoms with E-state index in [1.54, 1.807) is 22.8 Å². The van der Waals surface area contributed by atoms with E-state index < -0.39 is 23.3 Å². The summed E-state index contributed by atoms with van der Waals surface area (Å²) in [5.74, 6) is -1.58. The van der Waals surface area contributed by atoms with E-state index in [1.165, 1.54) is 6.07 Å². The van der Waals surface area contributed by atoms with Crippen LogP contribution in [0.25, 0.3) is 5.69 Å². The van der Waals surface area contributed by atoms with Gasteiger partial charge in [-0.05, 0) is 79.4 Å². The number of halogens is 3. The van der Waals surface area contributed by atoms with Gasteiger partial charge in [0, 0.05) is 51.7 Å². The van der Waals surface area contributed by atoms with Crippen molar-refractivity contribution in [3.63, 3.8) is 0 Å². The fourth-order valence-electron chi connectivity index (χ4n) is 6.03. The second kappa shape index (κ2) is 14.5. The molecule has 5 rings (SSSR count). The summed E-state index contributed by atoms with van der Waals surface area (Å²) < 4.78 is 41.1. The van der Waals surface area contributed by atoms with Crippen molar-refractivity contribution in [2.75, 3.05) is 51.8 Å². The molecule has 3 aromatic rings. The van der Waals surface area contributed by atoms with Crippen LogP contribution in [0.15, 0.2) is 53.0 Å². The van der Waals surface area contributed by atoms with Gasteiger partial charge in [0.05, 0.1) is 28.5 Å². The predicted octanol–water partition coefficient (Wildman–Crippen LogP) is 6.26. The quantitative estimate of drug-likeness (QED) is 0.287.